The predicted octanol–water partition coefficient (Wildman–Crippen LogP) is 4.44. The number of anilines is 1. The molecule has 0 aliphatic carbocycles. The van der Waals surface area contributed by atoms with Gasteiger partial charge in [0.2, 0.25) is 5.82 Å². The minimum atomic E-state index is -5.07. The van der Waals surface area contributed by atoms with Crippen LogP contribution in [0.4, 0.5) is 36.4 Å². The Morgan fingerprint density at radius 2 is 1.86 bits per heavy atom. The number of amides is 1. The van der Waals surface area contributed by atoms with E-state index < -0.39 is 75.0 Å². The average Bonchev–Trinajstić information content (AvgIpc) is 3.03. The van der Waals surface area contributed by atoms with Gasteiger partial charge in [-0.1, -0.05) is 13.0 Å². The van der Waals surface area contributed by atoms with Gasteiger partial charge in [-0.2, -0.15) is 26.3 Å². The van der Waals surface area contributed by atoms with Crippen LogP contribution < -0.4 is 10.1 Å². The molecular weight excluding hydrogens is 525 g/mol. The minimum absolute atomic E-state index is 0.229. The van der Waals surface area contributed by atoms with Crippen LogP contribution in [0, 0.1) is 17.6 Å². The van der Waals surface area contributed by atoms with E-state index in [4.69, 9.17) is 4.74 Å². The maximum absolute atomic E-state index is 14.4. The van der Waals surface area contributed by atoms with Gasteiger partial charge in [0.15, 0.2) is 27.0 Å². The number of carbonyl (C=O) groups is 1. The molecule has 4 unspecified atom stereocenters. The molecule has 0 saturated carbocycles. The summed E-state index contributed by atoms with van der Waals surface area (Å²) < 4.78 is 129. The molecule has 7 nitrogen and oxygen atoms in total. The zero-order valence-corrected chi connectivity index (χ0v) is 19.6. The molecule has 0 radical (unpaired) electrons. The SMILES string of the molecule is CC1C(c2ccc(F)c(F)c2OC(F)F)C(C(=O)Nc2cncc(S(C)(=O)=O)c2)OC1(C)C(F)(F)F. The molecule has 1 N–H and O–H groups in total. The summed E-state index contributed by atoms with van der Waals surface area (Å²) in [5.74, 6) is -9.53. The van der Waals surface area contributed by atoms with Crippen molar-refractivity contribution in [3.8, 4) is 5.75 Å². The van der Waals surface area contributed by atoms with Crippen LogP contribution in [0.2, 0.25) is 0 Å². The van der Waals surface area contributed by atoms with Crippen molar-refractivity contribution >= 4 is 21.4 Å². The monoisotopic (exact) mass is 544 g/mol. The van der Waals surface area contributed by atoms with Crippen LogP contribution in [0.25, 0.3) is 0 Å². The van der Waals surface area contributed by atoms with Crippen molar-refractivity contribution in [2.75, 3.05) is 11.6 Å². The fourth-order valence-corrected chi connectivity index (χ4v) is 4.54. The van der Waals surface area contributed by atoms with Crippen LogP contribution in [-0.2, 0) is 19.4 Å². The second kappa shape index (κ2) is 9.50. The summed E-state index contributed by atoms with van der Waals surface area (Å²) >= 11 is 0. The first-order chi connectivity index (χ1) is 16.5. The molecule has 1 aliphatic heterocycles. The second-order valence-electron chi connectivity index (χ2n) is 8.29. The zero-order chi connectivity index (χ0) is 27.2. The van der Waals surface area contributed by atoms with E-state index in [-0.39, 0.29) is 10.6 Å². The predicted molar refractivity (Wildman–Crippen MR) is 110 cm³/mol. The van der Waals surface area contributed by atoms with E-state index in [0.29, 0.717) is 13.0 Å². The second-order valence-corrected chi connectivity index (χ2v) is 10.3. The van der Waals surface area contributed by atoms with Crippen LogP contribution in [0.3, 0.4) is 0 Å². The summed E-state index contributed by atoms with van der Waals surface area (Å²) in [5, 5.41) is 2.18. The van der Waals surface area contributed by atoms with E-state index in [1.165, 1.54) is 0 Å². The number of pyridine rings is 1. The number of rotatable bonds is 6. The number of hydrogen-bond donors (Lipinski definition) is 1. The van der Waals surface area contributed by atoms with E-state index in [9.17, 15) is 43.9 Å². The van der Waals surface area contributed by atoms with E-state index in [1.807, 2.05) is 0 Å². The number of halogens is 7. The number of hydrogen-bond acceptors (Lipinski definition) is 6. The maximum atomic E-state index is 14.4. The Morgan fingerprint density at radius 3 is 2.42 bits per heavy atom. The van der Waals surface area contributed by atoms with Crippen molar-refractivity contribution < 1.29 is 53.4 Å². The Hall–Kier alpha value is -2.94. The third-order valence-corrected chi connectivity index (χ3v) is 7.06. The molecule has 1 saturated heterocycles. The summed E-state index contributed by atoms with van der Waals surface area (Å²) in [4.78, 5) is 16.4. The van der Waals surface area contributed by atoms with E-state index >= 15 is 0 Å². The van der Waals surface area contributed by atoms with Gasteiger partial charge in [-0.15, -0.1) is 0 Å². The molecule has 15 heteroatoms. The van der Waals surface area contributed by atoms with Gasteiger partial charge in [-0.3, -0.25) is 9.78 Å². The van der Waals surface area contributed by atoms with Gasteiger partial charge >= 0.3 is 12.8 Å². The van der Waals surface area contributed by atoms with Gasteiger partial charge in [0.25, 0.3) is 5.91 Å². The average molecular weight is 544 g/mol. The summed E-state index contributed by atoms with van der Waals surface area (Å²) in [7, 11) is -3.77. The molecule has 2 heterocycles. The Morgan fingerprint density at radius 1 is 1.22 bits per heavy atom. The largest absolute Gasteiger partial charge is 0.431 e. The Kier molecular flexibility index (Phi) is 7.29. The van der Waals surface area contributed by atoms with Crippen LogP contribution in [0.1, 0.15) is 25.3 Å². The molecular formula is C21H19F7N2O5S. The molecule has 36 heavy (non-hydrogen) atoms. The number of alkyl halides is 5. The van der Waals surface area contributed by atoms with Crippen molar-refractivity contribution in [2.24, 2.45) is 5.92 Å². The number of ether oxygens (including phenoxy) is 2. The van der Waals surface area contributed by atoms with E-state index in [0.717, 1.165) is 37.7 Å². The van der Waals surface area contributed by atoms with Crippen molar-refractivity contribution in [1.29, 1.82) is 0 Å². The quantitative estimate of drug-likeness (QED) is 0.541. The van der Waals surface area contributed by atoms with Crippen molar-refractivity contribution in [3.05, 3.63) is 47.8 Å². The number of carbonyl (C=O) groups excluding carboxylic acids is 1. The number of aromatic nitrogens is 1. The van der Waals surface area contributed by atoms with Crippen molar-refractivity contribution in [3.63, 3.8) is 0 Å². The van der Waals surface area contributed by atoms with Gasteiger partial charge in [-0.25, -0.2) is 12.8 Å². The first-order valence-corrected chi connectivity index (χ1v) is 12.0. The Labute approximate surface area is 200 Å². The lowest BCUT2D eigenvalue weighted by Crippen LogP contribution is -2.47. The highest BCUT2D eigenvalue weighted by molar-refractivity contribution is 7.90. The Bertz CT molecular complexity index is 1270. The third kappa shape index (κ3) is 5.12. The highest BCUT2D eigenvalue weighted by Gasteiger charge is 2.66. The molecule has 1 aliphatic rings. The molecule has 1 amide bonds. The first-order valence-electron chi connectivity index (χ1n) is 10.1. The molecule has 3 rings (SSSR count). The van der Waals surface area contributed by atoms with Gasteiger partial charge in [0.1, 0.15) is 6.10 Å². The fourth-order valence-electron chi connectivity index (χ4n) is 3.94. The number of nitrogens with zero attached hydrogens (tertiary/aromatic N) is 1. The summed E-state index contributed by atoms with van der Waals surface area (Å²) in [6, 6.07) is 2.21. The van der Waals surface area contributed by atoms with Crippen LogP contribution in [0.15, 0.2) is 35.5 Å². The molecule has 198 valence electrons. The zero-order valence-electron chi connectivity index (χ0n) is 18.7. The smallest absolute Gasteiger partial charge is 0.417 e. The van der Waals surface area contributed by atoms with Gasteiger partial charge in [0, 0.05) is 29.9 Å². The normalized spacial score (nSPS) is 24.7. The number of nitrogens with one attached hydrogen (secondary N) is 1. The van der Waals surface area contributed by atoms with Gasteiger partial charge in [-0.05, 0) is 19.1 Å². The molecule has 1 aromatic carbocycles. The molecule has 0 bridgehead atoms. The molecule has 1 fully saturated rings. The number of sulfone groups is 1. The van der Waals surface area contributed by atoms with Gasteiger partial charge < -0.3 is 14.8 Å². The summed E-state index contributed by atoms with van der Waals surface area (Å²) in [6.45, 7) is -2.04. The molecule has 4 atom stereocenters. The molecule has 1 aromatic heterocycles. The van der Waals surface area contributed by atoms with Crippen LogP contribution in [0.5, 0.6) is 5.75 Å². The summed E-state index contributed by atoms with van der Waals surface area (Å²) in [5.41, 5.74) is -3.90. The fraction of sp³-hybridized carbons (Fsp3) is 0.429. The van der Waals surface area contributed by atoms with Crippen molar-refractivity contribution in [2.45, 2.75) is 49.2 Å². The molecule has 0 spiro atoms. The van der Waals surface area contributed by atoms with E-state index in [1.54, 1.807) is 0 Å². The highest BCUT2D eigenvalue weighted by Crippen LogP contribution is 2.55. The van der Waals surface area contributed by atoms with Gasteiger partial charge in [0.05, 0.1) is 16.8 Å². The molecule has 2 aromatic rings. The summed E-state index contributed by atoms with van der Waals surface area (Å²) in [6.07, 6.45) is -4.31. The topological polar surface area (TPSA) is 94.6 Å². The van der Waals surface area contributed by atoms with E-state index in [2.05, 4.69) is 15.0 Å². The Balaban J connectivity index is 2.11. The maximum Gasteiger partial charge on any atom is 0.417 e. The van der Waals surface area contributed by atoms with Crippen molar-refractivity contribution in [1.82, 2.24) is 4.98 Å². The third-order valence-electron chi connectivity index (χ3n) is 5.98. The number of benzene rings is 1. The lowest BCUT2D eigenvalue weighted by atomic mass is 9.77. The first kappa shape index (κ1) is 27.6. The van der Waals surface area contributed by atoms with Crippen LogP contribution >= 0.6 is 0 Å². The standard InChI is InChI=1S/C21H19F7N2O5S/c1-9-14(12-4-5-13(22)15(23)16(12)34-19(24)25)17(35-20(9,2)21(26,27)28)18(31)30-10-6-11(8-29-7-10)36(3,32)33/h4-9,14,17,19H,1-3H3,(H,30,31). The lowest BCUT2D eigenvalue weighted by molar-refractivity contribution is -0.272. The minimum Gasteiger partial charge on any atom is -0.431 e. The van der Waals surface area contributed by atoms with Crippen LogP contribution in [-0.4, -0.2) is 50.1 Å². The highest BCUT2D eigenvalue weighted by atomic mass is 32.2. The lowest BCUT2D eigenvalue weighted by Gasteiger charge is -2.32.